The van der Waals surface area contributed by atoms with Crippen LogP contribution in [0.3, 0.4) is 0 Å². The average molecular weight is 279 g/mol. The number of likely N-dealkylation sites (N-methyl/N-ethyl adjacent to an activating group) is 1. The molecule has 0 saturated carbocycles. The summed E-state index contributed by atoms with van der Waals surface area (Å²) in [5.74, 6) is -1.24. The number of aliphatic carboxylic acids is 1. The first kappa shape index (κ1) is 16.2. The number of methoxy groups -OCH3 is 1. The van der Waals surface area contributed by atoms with E-state index in [4.69, 9.17) is 0 Å². The topological polar surface area (TPSA) is 66.8 Å². The normalized spacial score (nSPS) is 11.4. The average Bonchev–Trinajstić information content (AvgIpc) is 2.44. The first-order chi connectivity index (χ1) is 9.32. The van der Waals surface area contributed by atoms with Crippen LogP contribution in [0.2, 0.25) is 0 Å². The standard InChI is InChI=1S/C15H21NO4/c1-5-16(15(2,3)14(18)19)10-11-6-8-12(9-7-11)13(17)20-4/h6-9H,5,10H2,1-4H3,(H,18,19). The van der Waals surface area contributed by atoms with Crippen LogP contribution >= 0.6 is 0 Å². The van der Waals surface area contributed by atoms with Crippen molar-refractivity contribution in [2.24, 2.45) is 0 Å². The van der Waals surface area contributed by atoms with Crippen LogP contribution in [0, 0.1) is 0 Å². The van der Waals surface area contributed by atoms with Crippen molar-refractivity contribution in [2.75, 3.05) is 13.7 Å². The fourth-order valence-electron chi connectivity index (χ4n) is 1.92. The van der Waals surface area contributed by atoms with E-state index in [0.717, 1.165) is 5.56 Å². The highest BCUT2D eigenvalue weighted by atomic mass is 16.5. The number of rotatable bonds is 6. The minimum Gasteiger partial charge on any atom is -0.480 e. The van der Waals surface area contributed by atoms with Crippen molar-refractivity contribution in [1.29, 1.82) is 0 Å². The molecule has 5 heteroatoms. The zero-order valence-corrected chi connectivity index (χ0v) is 12.3. The Bertz CT molecular complexity index is 479. The number of esters is 1. The van der Waals surface area contributed by atoms with Gasteiger partial charge in [-0.25, -0.2) is 4.79 Å². The van der Waals surface area contributed by atoms with Gasteiger partial charge in [-0.15, -0.1) is 0 Å². The van der Waals surface area contributed by atoms with Crippen LogP contribution in [0.1, 0.15) is 36.7 Å². The van der Waals surface area contributed by atoms with Crippen LogP contribution in [0.5, 0.6) is 0 Å². The number of carboxylic acids is 1. The van der Waals surface area contributed by atoms with E-state index in [1.165, 1.54) is 7.11 Å². The van der Waals surface area contributed by atoms with Gasteiger partial charge in [0.15, 0.2) is 0 Å². The Balaban J connectivity index is 2.86. The third kappa shape index (κ3) is 3.57. The van der Waals surface area contributed by atoms with Crippen molar-refractivity contribution < 1.29 is 19.4 Å². The molecular weight excluding hydrogens is 258 g/mol. The summed E-state index contributed by atoms with van der Waals surface area (Å²) < 4.78 is 4.64. The van der Waals surface area contributed by atoms with E-state index >= 15 is 0 Å². The lowest BCUT2D eigenvalue weighted by Gasteiger charge is -2.34. The van der Waals surface area contributed by atoms with E-state index in [0.29, 0.717) is 18.7 Å². The van der Waals surface area contributed by atoms with Crippen molar-refractivity contribution in [3.8, 4) is 0 Å². The van der Waals surface area contributed by atoms with Gasteiger partial charge in [-0.1, -0.05) is 19.1 Å². The first-order valence-corrected chi connectivity index (χ1v) is 6.48. The Morgan fingerprint density at radius 3 is 2.20 bits per heavy atom. The molecule has 0 bridgehead atoms. The highest BCUT2D eigenvalue weighted by Gasteiger charge is 2.33. The zero-order chi connectivity index (χ0) is 15.3. The summed E-state index contributed by atoms with van der Waals surface area (Å²) in [6, 6.07) is 6.99. The third-order valence-electron chi connectivity index (χ3n) is 3.44. The second-order valence-corrected chi connectivity index (χ2v) is 5.07. The zero-order valence-electron chi connectivity index (χ0n) is 12.3. The fraction of sp³-hybridized carbons (Fsp3) is 0.467. The van der Waals surface area contributed by atoms with Gasteiger partial charge >= 0.3 is 11.9 Å². The molecule has 0 amide bonds. The number of carbonyl (C=O) groups is 2. The molecule has 0 fully saturated rings. The highest BCUT2D eigenvalue weighted by molar-refractivity contribution is 5.89. The van der Waals surface area contributed by atoms with Crippen LogP contribution in [0.25, 0.3) is 0 Å². The van der Waals surface area contributed by atoms with Crippen molar-refractivity contribution >= 4 is 11.9 Å². The predicted molar refractivity (Wildman–Crippen MR) is 75.6 cm³/mol. The van der Waals surface area contributed by atoms with Gasteiger partial charge in [0.05, 0.1) is 12.7 Å². The summed E-state index contributed by atoms with van der Waals surface area (Å²) in [6.07, 6.45) is 0. The van der Waals surface area contributed by atoms with Crippen molar-refractivity contribution in [1.82, 2.24) is 4.90 Å². The first-order valence-electron chi connectivity index (χ1n) is 6.48. The van der Waals surface area contributed by atoms with Crippen molar-refractivity contribution in [2.45, 2.75) is 32.9 Å². The van der Waals surface area contributed by atoms with Gasteiger partial charge in [-0.2, -0.15) is 0 Å². The van der Waals surface area contributed by atoms with Gasteiger partial charge in [0.1, 0.15) is 5.54 Å². The molecule has 1 N–H and O–H groups in total. The quantitative estimate of drug-likeness (QED) is 0.808. The SMILES string of the molecule is CCN(Cc1ccc(C(=O)OC)cc1)C(C)(C)C(=O)O. The van der Waals surface area contributed by atoms with Crippen molar-refractivity contribution in [3.05, 3.63) is 35.4 Å². The number of nitrogens with zero attached hydrogens (tertiary/aromatic N) is 1. The minimum atomic E-state index is -0.935. The van der Waals surface area contributed by atoms with E-state index in [1.807, 2.05) is 24.0 Å². The maximum atomic E-state index is 11.3. The molecule has 110 valence electrons. The molecular formula is C15H21NO4. The molecule has 0 spiro atoms. The predicted octanol–water partition coefficient (Wildman–Crippen LogP) is 2.16. The number of hydrogen-bond donors (Lipinski definition) is 1. The molecule has 1 aromatic rings. The van der Waals surface area contributed by atoms with Gasteiger partial charge in [0.25, 0.3) is 0 Å². The maximum Gasteiger partial charge on any atom is 0.337 e. The molecule has 5 nitrogen and oxygen atoms in total. The highest BCUT2D eigenvalue weighted by Crippen LogP contribution is 2.18. The van der Waals surface area contributed by atoms with Gasteiger partial charge in [0.2, 0.25) is 0 Å². The number of ether oxygens (including phenoxy) is 1. The fourth-order valence-corrected chi connectivity index (χ4v) is 1.92. The largest absolute Gasteiger partial charge is 0.480 e. The van der Waals surface area contributed by atoms with Gasteiger partial charge < -0.3 is 9.84 Å². The summed E-state index contributed by atoms with van der Waals surface area (Å²) in [7, 11) is 1.34. The Labute approximate surface area is 119 Å². The Morgan fingerprint density at radius 1 is 1.25 bits per heavy atom. The van der Waals surface area contributed by atoms with Crippen LogP contribution < -0.4 is 0 Å². The number of carboxylic acid groups (broad SMARTS) is 1. The molecule has 0 heterocycles. The van der Waals surface area contributed by atoms with Crippen LogP contribution in [0.15, 0.2) is 24.3 Å². The number of hydrogen-bond acceptors (Lipinski definition) is 4. The molecule has 0 aromatic heterocycles. The number of benzene rings is 1. The van der Waals surface area contributed by atoms with Gasteiger partial charge in [-0.3, -0.25) is 9.69 Å². The minimum absolute atomic E-state index is 0.380. The van der Waals surface area contributed by atoms with Crippen LogP contribution in [-0.4, -0.2) is 41.1 Å². The summed E-state index contributed by atoms with van der Waals surface area (Å²) in [6.45, 7) is 6.42. The molecule has 0 atom stereocenters. The molecule has 0 radical (unpaired) electrons. The monoisotopic (exact) mass is 279 g/mol. The lowest BCUT2D eigenvalue weighted by atomic mass is 10.0. The third-order valence-corrected chi connectivity index (χ3v) is 3.44. The Hall–Kier alpha value is -1.88. The molecule has 0 unspecified atom stereocenters. The van der Waals surface area contributed by atoms with Gasteiger partial charge in [-0.05, 0) is 38.1 Å². The maximum absolute atomic E-state index is 11.3. The lowest BCUT2D eigenvalue weighted by molar-refractivity contribution is -0.149. The van der Waals surface area contributed by atoms with E-state index in [1.54, 1.807) is 26.0 Å². The van der Waals surface area contributed by atoms with Crippen LogP contribution in [0.4, 0.5) is 0 Å². The van der Waals surface area contributed by atoms with E-state index < -0.39 is 11.5 Å². The summed E-state index contributed by atoms with van der Waals surface area (Å²) in [5.41, 5.74) is 0.501. The molecule has 0 aliphatic rings. The summed E-state index contributed by atoms with van der Waals surface area (Å²) >= 11 is 0. The second kappa shape index (κ2) is 6.52. The Morgan fingerprint density at radius 2 is 1.80 bits per heavy atom. The Kier molecular flexibility index (Phi) is 5.27. The summed E-state index contributed by atoms with van der Waals surface area (Å²) in [4.78, 5) is 24.5. The molecule has 0 saturated heterocycles. The second-order valence-electron chi connectivity index (χ2n) is 5.07. The van der Waals surface area contributed by atoms with Crippen molar-refractivity contribution in [3.63, 3.8) is 0 Å². The van der Waals surface area contributed by atoms with E-state index in [-0.39, 0.29) is 5.97 Å². The number of carbonyl (C=O) groups excluding carboxylic acids is 1. The molecule has 1 rings (SSSR count). The molecule has 0 aliphatic carbocycles. The summed E-state index contributed by atoms with van der Waals surface area (Å²) in [5, 5.41) is 9.27. The molecule has 0 aliphatic heterocycles. The molecule has 1 aromatic carbocycles. The van der Waals surface area contributed by atoms with Gasteiger partial charge in [0, 0.05) is 6.54 Å². The van der Waals surface area contributed by atoms with Crippen LogP contribution in [-0.2, 0) is 16.1 Å². The molecule has 20 heavy (non-hydrogen) atoms. The smallest absolute Gasteiger partial charge is 0.337 e. The van der Waals surface area contributed by atoms with E-state index in [9.17, 15) is 14.7 Å². The lowest BCUT2D eigenvalue weighted by Crippen LogP contribution is -2.49. The van der Waals surface area contributed by atoms with E-state index in [2.05, 4.69) is 4.74 Å².